The standard InChI is InChI=1S/C26H26N4O2/c27-18-11-9-16(10-12-18)25(31)29-20-5-1-4-17(14-20)21-7-2-8-23-24(21)22(26(32)30-23)15-19-6-3-13-28-19/h1-8,13-16,18,28H,9-12,27H2,(H,29,31)(H,30,32)/b22-15-. The summed E-state index contributed by atoms with van der Waals surface area (Å²) >= 11 is 0. The maximum atomic E-state index is 12.8. The Hall–Kier alpha value is -3.64. The Labute approximate surface area is 186 Å². The maximum Gasteiger partial charge on any atom is 0.256 e. The Morgan fingerprint density at radius 1 is 1.03 bits per heavy atom. The van der Waals surface area contributed by atoms with Crippen LogP contribution >= 0.6 is 0 Å². The van der Waals surface area contributed by atoms with Crippen molar-refractivity contribution in [3.05, 3.63) is 72.1 Å². The lowest BCUT2D eigenvalue weighted by Crippen LogP contribution is -2.32. The Morgan fingerprint density at radius 3 is 2.62 bits per heavy atom. The molecule has 1 fully saturated rings. The summed E-state index contributed by atoms with van der Waals surface area (Å²) in [5.41, 5.74) is 11.8. The van der Waals surface area contributed by atoms with Gasteiger partial charge in [0.25, 0.3) is 5.91 Å². The van der Waals surface area contributed by atoms with Gasteiger partial charge in [-0.3, -0.25) is 9.59 Å². The first kappa shape index (κ1) is 20.3. The number of fused-ring (bicyclic) bond motifs is 1. The summed E-state index contributed by atoms with van der Waals surface area (Å²) in [7, 11) is 0. The van der Waals surface area contributed by atoms with Crippen molar-refractivity contribution in [1.82, 2.24) is 4.98 Å². The van der Waals surface area contributed by atoms with Crippen molar-refractivity contribution in [3.8, 4) is 11.1 Å². The zero-order valence-corrected chi connectivity index (χ0v) is 17.7. The van der Waals surface area contributed by atoms with Crippen LogP contribution in [0.5, 0.6) is 0 Å². The molecule has 1 saturated carbocycles. The van der Waals surface area contributed by atoms with Crippen LogP contribution < -0.4 is 16.4 Å². The first-order chi connectivity index (χ1) is 15.6. The molecule has 2 heterocycles. The molecule has 2 aromatic carbocycles. The number of nitrogens with two attached hydrogens (primary N) is 1. The molecule has 162 valence electrons. The van der Waals surface area contributed by atoms with Crippen molar-refractivity contribution >= 4 is 34.8 Å². The highest BCUT2D eigenvalue weighted by Crippen LogP contribution is 2.40. The summed E-state index contributed by atoms with van der Waals surface area (Å²) in [6, 6.07) is 17.7. The minimum absolute atomic E-state index is 0.0107. The van der Waals surface area contributed by atoms with Gasteiger partial charge in [-0.25, -0.2) is 0 Å². The van der Waals surface area contributed by atoms with Crippen LogP contribution in [0.1, 0.15) is 36.9 Å². The lowest BCUT2D eigenvalue weighted by Gasteiger charge is -2.25. The van der Waals surface area contributed by atoms with Gasteiger partial charge in [0.15, 0.2) is 0 Å². The van der Waals surface area contributed by atoms with Crippen LogP contribution in [-0.4, -0.2) is 22.8 Å². The third kappa shape index (κ3) is 3.97. The average molecular weight is 427 g/mol. The molecule has 0 radical (unpaired) electrons. The van der Waals surface area contributed by atoms with E-state index in [1.54, 1.807) is 0 Å². The molecule has 6 nitrogen and oxygen atoms in total. The first-order valence-electron chi connectivity index (χ1n) is 11.1. The highest BCUT2D eigenvalue weighted by molar-refractivity contribution is 6.36. The van der Waals surface area contributed by atoms with E-state index in [9.17, 15) is 9.59 Å². The summed E-state index contributed by atoms with van der Waals surface area (Å²) in [6.45, 7) is 0. The summed E-state index contributed by atoms with van der Waals surface area (Å²) in [6.07, 6.45) is 7.15. The van der Waals surface area contributed by atoms with E-state index < -0.39 is 0 Å². The molecule has 6 heteroatoms. The summed E-state index contributed by atoms with van der Waals surface area (Å²) in [5, 5.41) is 6.04. The molecule has 0 saturated heterocycles. The molecule has 5 rings (SSSR count). The number of amides is 2. The van der Waals surface area contributed by atoms with Crippen LogP contribution in [0.25, 0.3) is 22.8 Å². The predicted octanol–water partition coefficient (Wildman–Crippen LogP) is 4.63. The highest BCUT2D eigenvalue weighted by Gasteiger charge is 2.28. The molecule has 2 aliphatic rings. The Bertz CT molecular complexity index is 1190. The molecular weight excluding hydrogens is 400 g/mol. The van der Waals surface area contributed by atoms with Crippen molar-refractivity contribution in [2.45, 2.75) is 31.7 Å². The minimum atomic E-state index is -0.123. The number of carbonyl (C=O) groups is 2. The normalized spacial score (nSPS) is 21.3. The van der Waals surface area contributed by atoms with Crippen LogP contribution in [0, 0.1) is 5.92 Å². The zero-order valence-electron chi connectivity index (χ0n) is 17.7. The first-order valence-corrected chi connectivity index (χ1v) is 11.1. The molecule has 1 aromatic heterocycles. The van der Waals surface area contributed by atoms with E-state index in [1.807, 2.05) is 66.9 Å². The van der Waals surface area contributed by atoms with Gasteiger partial charge in [-0.2, -0.15) is 0 Å². The number of nitrogens with one attached hydrogen (secondary N) is 3. The molecule has 0 unspecified atom stereocenters. The fraction of sp³-hybridized carbons (Fsp3) is 0.231. The van der Waals surface area contributed by atoms with Gasteiger partial charge in [0.05, 0.1) is 5.57 Å². The van der Waals surface area contributed by atoms with Gasteiger partial charge >= 0.3 is 0 Å². The SMILES string of the molecule is NC1CCC(C(=O)Nc2cccc(-c3cccc4c3/C(=C/c3ccc[nH]3)C(=O)N4)c2)CC1. The van der Waals surface area contributed by atoms with Crippen LogP contribution in [0.3, 0.4) is 0 Å². The van der Waals surface area contributed by atoms with Gasteiger partial charge in [-0.15, -0.1) is 0 Å². The summed E-state index contributed by atoms with van der Waals surface area (Å²) < 4.78 is 0. The van der Waals surface area contributed by atoms with E-state index in [4.69, 9.17) is 5.73 Å². The second-order valence-corrected chi connectivity index (χ2v) is 8.55. The van der Waals surface area contributed by atoms with E-state index in [0.717, 1.165) is 59.4 Å². The molecule has 0 spiro atoms. The molecule has 0 atom stereocenters. The number of anilines is 2. The number of aromatic amines is 1. The van der Waals surface area contributed by atoms with Crippen LogP contribution in [0.15, 0.2) is 60.8 Å². The van der Waals surface area contributed by atoms with Gasteiger partial charge in [0, 0.05) is 40.8 Å². The van der Waals surface area contributed by atoms with E-state index in [0.29, 0.717) is 5.57 Å². The van der Waals surface area contributed by atoms with E-state index in [1.165, 1.54) is 0 Å². The lowest BCUT2D eigenvalue weighted by molar-refractivity contribution is -0.120. The number of carbonyl (C=O) groups excluding carboxylic acids is 2. The van der Waals surface area contributed by atoms with Gasteiger partial charge in [-0.05, 0) is 73.2 Å². The number of hydrogen-bond donors (Lipinski definition) is 4. The van der Waals surface area contributed by atoms with Crippen molar-refractivity contribution in [1.29, 1.82) is 0 Å². The Morgan fingerprint density at radius 2 is 1.84 bits per heavy atom. The molecular formula is C26H26N4O2. The lowest BCUT2D eigenvalue weighted by atomic mass is 9.86. The predicted molar refractivity (Wildman–Crippen MR) is 128 cm³/mol. The molecule has 32 heavy (non-hydrogen) atoms. The maximum absolute atomic E-state index is 12.8. The molecule has 3 aromatic rings. The van der Waals surface area contributed by atoms with Gasteiger partial charge < -0.3 is 21.4 Å². The largest absolute Gasteiger partial charge is 0.362 e. The zero-order chi connectivity index (χ0) is 22.1. The number of rotatable bonds is 4. The van der Waals surface area contributed by atoms with Crippen LogP contribution in [-0.2, 0) is 9.59 Å². The number of hydrogen-bond acceptors (Lipinski definition) is 3. The monoisotopic (exact) mass is 426 g/mol. The van der Waals surface area contributed by atoms with Crippen molar-refractivity contribution in [2.24, 2.45) is 11.7 Å². The van der Waals surface area contributed by atoms with Crippen molar-refractivity contribution < 1.29 is 9.59 Å². The van der Waals surface area contributed by atoms with Crippen molar-refractivity contribution in [3.63, 3.8) is 0 Å². The number of H-pyrrole nitrogens is 1. The number of aromatic nitrogens is 1. The number of benzene rings is 2. The van der Waals surface area contributed by atoms with E-state index in [2.05, 4.69) is 15.6 Å². The highest BCUT2D eigenvalue weighted by atomic mass is 16.2. The average Bonchev–Trinajstić information content (AvgIpc) is 3.42. The smallest absolute Gasteiger partial charge is 0.256 e. The quantitative estimate of drug-likeness (QED) is 0.458. The Balaban J connectivity index is 1.45. The van der Waals surface area contributed by atoms with E-state index in [-0.39, 0.29) is 23.8 Å². The summed E-state index contributed by atoms with van der Waals surface area (Å²) in [4.78, 5) is 28.6. The van der Waals surface area contributed by atoms with E-state index >= 15 is 0 Å². The second kappa shape index (κ2) is 8.48. The molecule has 0 bridgehead atoms. The Kier molecular flexibility index (Phi) is 5.37. The molecule has 2 amide bonds. The van der Waals surface area contributed by atoms with Gasteiger partial charge in [0.1, 0.15) is 0 Å². The molecule has 5 N–H and O–H groups in total. The fourth-order valence-electron chi connectivity index (χ4n) is 4.61. The molecule has 1 aliphatic carbocycles. The van der Waals surface area contributed by atoms with Crippen LogP contribution in [0.4, 0.5) is 11.4 Å². The van der Waals surface area contributed by atoms with Gasteiger partial charge in [-0.1, -0.05) is 24.3 Å². The molecule has 1 aliphatic heterocycles. The topological polar surface area (TPSA) is 100 Å². The van der Waals surface area contributed by atoms with Crippen LogP contribution in [0.2, 0.25) is 0 Å². The van der Waals surface area contributed by atoms with Crippen molar-refractivity contribution in [2.75, 3.05) is 10.6 Å². The van der Waals surface area contributed by atoms with Gasteiger partial charge in [0.2, 0.25) is 5.91 Å². The minimum Gasteiger partial charge on any atom is -0.362 e. The third-order valence-corrected chi connectivity index (χ3v) is 6.33. The second-order valence-electron chi connectivity index (χ2n) is 8.55. The summed E-state index contributed by atoms with van der Waals surface area (Å²) in [5.74, 6) is -0.0601. The third-order valence-electron chi connectivity index (χ3n) is 6.33. The fourth-order valence-corrected chi connectivity index (χ4v) is 4.61.